The van der Waals surface area contributed by atoms with E-state index in [9.17, 15) is 0 Å². The van der Waals surface area contributed by atoms with Gasteiger partial charge in [0.2, 0.25) is 0 Å². The van der Waals surface area contributed by atoms with Crippen LogP contribution in [0.3, 0.4) is 0 Å². The highest BCUT2D eigenvalue weighted by Gasteiger charge is 2.43. The standard InChI is InChI=1S/C15H20N2O/c1-2-13(17)12-5-3-4-6-14(12)18-11-15(7-8-15)9-10-16/h3-6,13H,2,7-9,11,17H2,1H3/t13-/m0/s1. The summed E-state index contributed by atoms with van der Waals surface area (Å²) >= 11 is 0. The maximum Gasteiger partial charge on any atom is 0.124 e. The molecule has 0 heterocycles. The molecule has 0 amide bonds. The third-order valence-corrected chi connectivity index (χ3v) is 3.70. The summed E-state index contributed by atoms with van der Waals surface area (Å²) in [6.07, 6.45) is 3.68. The Bertz CT molecular complexity index is 446. The normalized spacial score (nSPS) is 17.8. The van der Waals surface area contributed by atoms with E-state index in [1.807, 2.05) is 24.3 Å². The Morgan fingerprint density at radius 2 is 2.17 bits per heavy atom. The number of nitriles is 1. The first-order valence-electron chi connectivity index (χ1n) is 6.55. The fourth-order valence-corrected chi connectivity index (χ4v) is 2.09. The van der Waals surface area contributed by atoms with Crippen LogP contribution in [0.25, 0.3) is 0 Å². The van der Waals surface area contributed by atoms with Gasteiger partial charge in [-0.15, -0.1) is 0 Å². The van der Waals surface area contributed by atoms with Crippen LogP contribution in [-0.4, -0.2) is 6.61 Å². The van der Waals surface area contributed by atoms with Crippen molar-refractivity contribution in [1.29, 1.82) is 5.26 Å². The van der Waals surface area contributed by atoms with Crippen molar-refractivity contribution >= 4 is 0 Å². The SMILES string of the molecule is CC[C@H](N)c1ccccc1OCC1(CC#N)CC1. The van der Waals surface area contributed by atoms with E-state index in [4.69, 9.17) is 15.7 Å². The molecule has 2 rings (SSSR count). The second-order valence-electron chi connectivity index (χ2n) is 5.18. The molecule has 1 aromatic carbocycles. The van der Waals surface area contributed by atoms with Crippen LogP contribution in [-0.2, 0) is 0 Å². The first-order chi connectivity index (χ1) is 8.71. The molecular weight excluding hydrogens is 224 g/mol. The molecule has 0 aliphatic heterocycles. The van der Waals surface area contributed by atoms with Gasteiger partial charge in [-0.1, -0.05) is 25.1 Å². The van der Waals surface area contributed by atoms with E-state index in [1.165, 1.54) is 0 Å². The molecule has 18 heavy (non-hydrogen) atoms. The van der Waals surface area contributed by atoms with E-state index in [0.717, 1.165) is 30.6 Å². The minimum atomic E-state index is 0.0207. The molecule has 0 aromatic heterocycles. The van der Waals surface area contributed by atoms with Crippen LogP contribution >= 0.6 is 0 Å². The average Bonchev–Trinajstić information content (AvgIpc) is 3.16. The molecular formula is C15H20N2O. The van der Waals surface area contributed by atoms with Gasteiger partial charge in [0.1, 0.15) is 5.75 Å². The van der Waals surface area contributed by atoms with Crippen LogP contribution in [0, 0.1) is 16.7 Å². The van der Waals surface area contributed by atoms with E-state index in [-0.39, 0.29) is 11.5 Å². The Labute approximate surface area is 109 Å². The smallest absolute Gasteiger partial charge is 0.124 e. The first-order valence-corrected chi connectivity index (χ1v) is 6.55. The molecule has 3 heteroatoms. The Kier molecular flexibility index (Phi) is 3.88. The number of benzene rings is 1. The fraction of sp³-hybridized carbons (Fsp3) is 0.533. The number of hydrogen-bond acceptors (Lipinski definition) is 3. The maximum atomic E-state index is 8.79. The van der Waals surface area contributed by atoms with Gasteiger partial charge >= 0.3 is 0 Å². The molecule has 1 fully saturated rings. The van der Waals surface area contributed by atoms with Crippen LogP contribution in [0.1, 0.15) is 44.2 Å². The van der Waals surface area contributed by atoms with Crippen molar-refractivity contribution in [1.82, 2.24) is 0 Å². The molecule has 1 saturated carbocycles. The zero-order valence-corrected chi connectivity index (χ0v) is 10.9. The lowest BCUT2D eigenvalue weighted by Gasteiger charge is -2.18. The van der Waals surface area contributed by atoms with Crippen molar-refractivity contribution in [2.75, 3.05) is 6.61 Å². The zero-order valence-electron chi connectivity index (χ0n) is 10.9. The molecule has 0 bridgehead atoms. The predicted molar refractivity (Wildman–Crippen MR) is 71.1 cm³/mol. The molecule has 2 N–H and O–H groups in total. The Morgan fingerprint density at radius 1 is 1.44 bits per heavy atom. The van der Waals surface area contributed by atoms with Crippen LogP contribution in [0.2, 0.25) is 0 Å². The van der Waals surface area contributed by atoms with Crippen LogP contribution in [0.4, 0.5) is 0 Å². The minimum absolute atomic E-state index is 0.0207. The van der Waals surface area contributed by atoms with E-state index in [0.29, 0.717) is 13.0 Å². The van der Waals surface area contributed by atoms with Crippen molar-refractivity contribution in [2.45, 2.75) is 38.6 Å². The largest absolute Gasteiger partial charge is 0.493 e. The number of rotatable bonds is 6. The van der Waals surface area contributed by atoms with Gasteiger partial charge in [0.05, 0.1) is 12.7 Å². The Hall–Kier alpha value is -1.53. The van der Waals surface area contributed by atoms with Crippen molar-refractivity contribution in [2.24, 2.45) is 11.1 Å². The number of para-hydroxylation sites is 1. The van der Waals surface area contributed by atoms with Gasteiger partial charge in [0.25, 0.3) is 0 Å². The van der Waals surface area contributed by atoms with Crippen molar-refractivity contribution in [3.63, 3.8) is 0 Å². The highest BCUT2D eigenvalue weighted by molar-refractivity contribution is 5.35. The Morgan fingerprint density at radius 3 is 2.78 bits per heavy atom. The lowest BCUT2D eigenvalue weighted by atomic mass is 10.0. The molecule has 1 atom stereocenters. The van der Waals surface area contributed by atoms with Crippen molar-refractivity contribution in [3.8, 4) is 11.8 Å². The number of hydrogen-bond donors (Lipinski definition) is 1. The molecule has 0 radical (unpaired) electrons. The van der Waals surface area contributed by atoms with Crippen molar-refractivity contribution < 1.29 is 4.74 Å². The summed E-state index contributed by atoms with van der Waals surface area (Å²) in [7, 11) is 0. The van der Waals surface area contributed by atoms with Crippen LogP contribution in [0.5, 0.6) is 5.75 Å². The van der Waals surface area contributed by atoms with Gasteiger partial charge in [-0.2, -0.15) is 5.26 Å². The summed E-state index contributed by atoms with van der Waals surface area (Å²) < 4.78 is 5.91. The maximum absolute atomic E-state index is 8.79. The topological polar surface area (TPSA) is 59.0 Å². The molecule has 3 nitrogen and oxygen atoms in total. The molecule has 96 valence electrons. The van der Waals surface area contributed by atoms with E-state index >= 15 is 0 Å². The summed E-state index contributed by atoms with van der Waals surface area (Å²) in [4.78, 5) is 0. The predicted octanol–water partition coefficient (Wildman–Crippen LogP) is 3.17. The number of nitrogens with two attached hydrogens (primary N) is 1. The highest BCUT2D eigenvalue weighted by atomic mass is 16.5. The van der Waals surface area contributed by atoms with E-state index in [1.54, 1.807) is 0 Å². The van der Waals surface area contributed by atoms with Gasteiger partial charge in [0.15, 0.2) is 0 Å². The second-order valence-corrected chi connectivity index (χ2v) is 5.18. The van der Waals surface area contributed by atoms with Gasteiger partial charge < -0.3 is 10.5 Å². The van der Waals surface area contributed by atoms with Crippen LogP contribution < -0.4 is 10.5 Å². The monoisotopic (exact) mass is 244 g/mol. The van der Waals surface area contributed by atoms with Gasteiger partial charge in [-0.05, 0) is 25.3 Å². The molecule has 1 aliphatic carbocycles. The number of ether oxygens (including phenoxy) is 1. The molecule has 1 aliphatic rings. The number of nitrogens with zero attached hydrogens (tertiary/aromatic N) is 1. The molecule has 0 spiro atoms. The van der Waals surface area contributed by atoms with E-state index < -0.39 is 0 Å². The summed E-state index contributed by atoms with van der Waals surface area (Å²) in [5, 5.41) is 8.79. The van der Waals surface area contributed by atoms with Gasteiger partial charge in [-0.3, -0.25) is 0 Å². The lowest BCUT2D eigenvalue weighted by Crippen LogP contribution is -2.15. The third-order valence-electron chi connectivity index (χ3n) is 3.70. The summed E-state index contributed by atoms with van der Waals surface area (Å²) in [5.41, 5.74) is 7.25. The lowest BCUT2D eigenvalue weighted by molar-refractivity contribution is 0.233. The molecule has 0 saturated heterocycles. The summed E-state index contributed by atoms with van der Waals surface area (Å²) in [5.74, 6) is 0.871. The highest BCUT2D eigenvalue weighted by Crippen LogP contribution is 2.48. The Balaban J connectivity index is 2.03. The van der Waals surface area contributed by atoms with E-state index in [2.05, 4.69) is 13.0 Å². The summed E-state index contributed by atoms with van der Waals surface area (Å²) in [6.45, 7) is 2.70. The fourth-order valence-electron chi connectivity index (χ4n) is 2.09. The van der Waals surface area contributed by atoms with Crippen LogP contribution in [0.15, 0.2) is 24.3 Å². The van der Waals surface area contributed by atoms with Gasteiger partial charge in [-0.25, -0.2) is 0 Å². The minimum Gasteiger partial charge on any atom is -0.493 e. The zero-order chi connectivity index (χ0) is 13.0. The van der Waals surface area contributed by atoms with Crippen molar-refractivity contribution in [3.05, 3.63) is 29.8 Å². The van der Waals surface area contributed by atoms with Gasteiger partial charge in [0, 0.05) is 23.4 Å². The molecule has 0 unspecified atom stereocenters. The molecule has 1 aromatic rings. The average molecular weight is 244 g/mol. The first kappa shape index (κ1) is 12.9. The third kappa shape index (κ3) is 2.83. The quantitative estimate of drug-likeness (QED) is 0.836. The summed E-state index contributed by atoms with van der Waals surface area (Å²) in [6, 6.07) is 10.2. The second kappa shape index (κ2) is 5.41.